The van der Waals surface area contributed by atoms with E-state index in [1.807, 2.05) is 24.3 Å². The van der Waals surface area contributed by atoms with E-state index in [-0.39, 0.29) is 0 Å². The zero-order chi connectivity index (χ0) is 13.7. The molecule has 19 heavy (non-hydrogen) atoms. The summed E-state index contributed by atoms with van der Waals surface area (Å²) in [6.07, 6.45) is 1.92. The summed E-state index contributed by atoms with van der Waals surface area (Å²) in [6, 6.07) is 14.3. The quantitative estimate of drug-likeness (QED) is 0.891. The Morgan fingerprint density at radius 3 is 2.32 bits per heavy atom. The summed E-state index contributed by atoms with van der Waals surface area (Å²) in [5, 5.41) is 0. The number of hydrogen-bond donors (Lipinski definition) is 1. The van der Waals surface area contributed by atoms with Crippen molar-refractivity contribution < 1.29 is 4.74 Å². The molecule has 0 aliphatic carbocycles. The SMILES string of the molecule is CCc1ccc(Oc2ccc(CCN)cc2Br)cc1. The van der Waals surface area contributed by atoms with Gasteiger partial charge in [0.25, 0.3) is 0 Å². The van der Waals surface area contributed by atoms with Crippen LogP contribution in [0.15, 0.2) is 46.9 Å². The molecule has 2 aromatic carbocycles. The number of nitrogens with two attached hydrogens (primary N) is 1. The molecule has 0 heterocycles. The summed E-state index contributed by atoms with van der Waals surface area (Å²) in [6.45, 7) is 2.80. The van der Waals surface area contributed by atoms with Crippen molar-refractivity contribution in [2.45, 2.75) is 19.8 Å². The summed E-state index contributed by atoms with van der Waals surface area (Å²) in [7, 11) is 0. The lowest BCUT2D eigenvalue weighted by molar-refractivity contribution is 0.479. The van der Waals surface area contributed by atoms with E-state index in [0.717, 1.165) is 28.8 Å². The minimum Gasteiger partial charge on any atom is -0.456 e. The summed E-state index contributed by atoms with van der Waals surface area (Å²) < 4.78 is 6.82. The van der Waals surface area contributed by atoms with Crippen molar-refractivity contribution in [3.05, 3.63) is 58.1 Å². The first-order valence-electron chi connectivity index (χ1n) is 6.48. The lowest BCUT2D eigenvalue weighted by Crippen LogP contribution is -2.02. The molecule has 2 rings (SSSR count). The van der Waals surface area contributed by atoms with Gasteiger partial charge in [-0.25, -0.2) is 0 Å². The van der Waals surface area contributed by atoms with Crippen LogP contribution in [-0.4, -0.2) is 6.54 Å². The summed E-state index contributed by atoms with van der Waals surface area (Å²) in [4.78, 5) is 0. The van der Waals surface area contributed by atoms with Crippen LogP contribution in [0, 0.1) is 0 Å². The number of benzene rings is 2. The number of halogens is 1. The van der Waals surface area contributed by atoms with Crippen molar-refractivity contribution in [1.29, 1.82) is 0 Å². The highest BCUT2D eigenvalue weighted by molar-refractivity contribution is 9.10. The lowest BCUT2D eigenvalue weighted by atomic mass is 10.1. The van der Waals surface area contributed by atoms with Crippen LogP contribution in [-0.2, 0) is 12.8 Å². The van der Waals surface area contributed by atoms with Crippen molar-refractivity contribution in [1.82, 2.24) is 0 Å². The highest BCUT2D eigenvalue weighted by atomic mass is 79.9. The van der Waals surface area contributed by atoms with Crippen LogP contribution in [0.5, 0.6) is 11.5 Å². The number of rotatable bonds is 5. The second-order valence-electron chi connectivity index (χ2n) is 4.40. The Morgan fingerprint density at radius 1 is 1.05 bits per heavy atom. The van der Waals surface area contributed by atoms with Gasteiger partial charge in [-0.1, -0.05) is 25.1 Å². The topological polar surface area (TPSA) is 35.2 Å². The molecule has 0 aliphatic heterocycles. The second kappa shape index (κ2) is 6.73. The van der Waals surface area contributed by atoms with Gasteiger partial charge in [-0.15, -0.1) is 0 Å². The number of ether oxygens (including phenoxy) is 1. The second-order valence-corrected chi connectivity index (χ2v) is 5.26. The van der Waals surface area contributed by atoms with Gasteiger partial charge in [-0.2, -0.15) is 0 Å². The molecule has 0 fully saturated rings. The van der Waals surface area contributed by atoms with Gasteiger partial charge < -0.3 is 10.5 Å². The zero-order valence-corrected chi connectivity index (χ0v) is 12.6. The van der Waals surface area contributed by atoms with Crippen LogP contribution < -0.4 is 10.5 Å². The van der Waals surface area contributed by atoms with Crippen LogP contribution >= 0.6 is 15.9 Å². The van der Waals surface area contributed by atoms with Gasteiger partial charge >= 0.3 is 0 Å². The average molecular weight is 320 g/mol. The molecule has 2 N–H and O–H groups in total. The Labute approximate surface area is 122 Å². The Morgan fingerprint density at radius 2 is 1.74 bits per heavy atom. The maximum absolute atomic E-state index is 5.86. The highest BCUT2D eigenvalue weighted by Crippen LogP contribution is 2.30. The van der Waals surface area contributed by atoms with E-state index in [9.17, 15) is 0 Å². The Hall–Kier alpha value is -1.32. The minimum absolute atomic E-state index is 0.658. The van der Waals surface area contributed by atoms with Gasteiger partial charge in [0.1, 0.15) is 11.5 Å². The van der Waals surface area contributed by atoms with Crippen LogP contribution in [0.25, 0.3) is 0 Å². The maximum Gasteiger partial charge on any atom is 0.141 e. The standard InChI is InChI=1S/C16H18BrNO/c1-2-12-3-6-14(7-4-12)19-16-8-5-13(9-10-18)11-15(16)17/h3-8,11H,2,9-10,18H2,1H3. The summed E-state index contributed by atoms with van der Waals surface area (Å²) >= 11 is 3.54. The van der Waals surface area contributed by atoms with E-state index in [1.54, 1.807) is 0 Å². The van der Waals surface area contributed by atoms with Gasteiger partial charge in [-0.05, 0) is 70.7 Å². The van der Waals surface area contributed by atoms with Crippen molar-refractivity contribution in [3.63, 3.8) is 0 Å². The molecule has 0 radical (unpaired) electrons. The van der Waals surface area contributed by atoms with E-state index in [2.05, 4.69) is 41.1 Å². The molecule has 2 nitrogen and oxygen atoms in total. The monoisotopic (exact) mass is 319 g/mol. The molecule has 0 amide bonds. The average Bonchev–Trinajstić information content (AvgIpc) is 2.43. The van der Waals surface area contributed by atoms with Crippen LogP contribution in [0.4, 0.5) is 0 Å². The Balaban J connectivity index is 2.13. The van der Waals surface area contributed by atoms with Crippen LogP contribution in [0.1, 0.15) is 18.1 Å². The molecule has 0 spiro atoms. The van der Waals surface area contributed by atoms with Crippen LogP contribution in [0.3, 0.4) is 0 Å². The fraction of sp³-hybridized carbons (Fsp3) is 0.250. The van der Waals surface area contributed by atoms with Gasteiger partial charge in [0, 0.05) is 0 Å². The molecule has 0 saturated carbocycles. The highest BCUT2D eigenvalue weighted by Gasteiger charge is 2.04. The molecule has 0 aromatic heterocycles. The van der Waals surface area contributed by atoms with Gasteiger partial charge in [0.05, 0.1) is 4.47 Å². The smallest absolute Gasteiger partial charge is 0.141 e. The minimum atomic E-state index is 0.658. The normalized spacial score (nSPS) is 10.5. The van der Waals surface area contributed by atoms with E-state index in [4.69, 9.17) is 10.5 Å². The molecular weight excluding hydrogens is 302 g/mol. The summed E-state index contributed by atoms with van der Waals surface area (Å²) in [5.74, 6) is 1.68. The third kappa shape index (κ3) is 3.82. The van der Waals surface area contributed by atoms with Crippen molar-refractivity contribution in [2.24, 2.45) is 5.73 Å². The molecule has 0 atom stereocenters. The Bertz CT molecular complexity index is 537. The van der Waals surface area contributed by atoms with E-state index in [1.165, 1.54) is 11.1 Å². The van der Waals surface area contributed by atoms with E-state index >= 15 is 0 Å². The van der Waals surface area contributed by atoms with Gasteiger partial charge in [0.15, 0.2) is 0 Å². The third-order valence-electron chi connectivity index (χ3n) is 2.99. The molecule has 0 saturated heterocycles. The molecule has 0 unspecified atom stereocenters. The first-order valence-corrected chi connectivity index (χ1v) is 7.27. The molecule has 0 aliphatic rings. The fourth-order valence-corrected chi connectivity index (χ4v) is 2.38. The largest absolute Gasteiger partial charge is 0.456 e. The molecular formula is C16H18BrNO. The van der Waals surface area contributed by atoms with Crippen molar-refractivity contribution >= 4 is 15.9 Å². The maximum atomic E-state index is 5.86. The van der Waals surface area contributed by atoms with Crippen molar-refractivity contribution in [2.75, 3.05) is 6.54 Å². The number of aryl methyl sites for hydroxylation is 1. The van der Waals surface area contributed by atoms with Crippen molar-refractivity contribution in [3.8, 4) is 11.5 Å². The zero-order valence-electron chi connectivity index (χ0n) is 11.0. The van der Waals surface area contributed by atoms with E-state index in [0.29, 0.717) is 6.54 Å². The third-order valence-corrected chi connectivity index (χ3v) is 3.61. The molecule has 100 valence electrons. The predicted octanol–water partition coefficient (Wildman–Crippen LogP) is 4.31. The molecule has 0 bridgehead atoms. The lowest BCUT2D eigenvalue weighted by Gasteiger charge is -2.09. The first kappa shape index (κ1) is 14.1. The number of hydrogen-bond acceptors (Lipinski definition) is 2. The first-order chi connectivity index (χ1) is 9.22. The molecule has 3 heteroatoms. The van der Waals surface area contributed by atoms with Gasteiger partial charge in [-0.3, -0.25) is 0 Å². The molecule has 2 aromatic rings. The van der Waals surface area contributed by atoms with Gasteiger partial charge in [0.2, 0.25) is 0 Å². The predicted molar refractivity (Wildman–Crippen MR) is 82.8 cm³/mol. The summed E-state index contributed by atoms with van der Waals surface area (Å²) in [5.41, 5.74) is 8.07. The Kier molecular flexibility index (Phi) is 5.00. The van der Waals surface area contributed by atoms with E-state index < -0.39 is 0 Å². The fourth-order valence-electron chi connectivity index (χ4n) is 1.87. The van der Waals surface area contributed by atoms with Crippen LogP contribution in [0.2, 0.25) is 0 Å².